The minimum atomic E-state index is -2.49. The van der Waals surface area contributed by atoms with Crippen LogP contribution in [0.2, 0.25) is 0 Å². The molecule has 0 spiro atoms. The van der Waals surface area contributed by atoms with Crippen molar-refractivity contribution >= 4 is 11.6 Å². The van der Waals surface area contributed by atoms with Crippen molar-refractivity contribution in [3.63, 3.8) is 0 Å². The summed E-state index contributed by atoms with van der Waals surface area (Å²) in [6.45, 7) is -0.389. The fourth-order valence-electron chi connectivity index (χ4n) is 1.30. The predicted molar refractivity (Wildman–Crippen MR) is 62.9 cm³/mol. The van der Waals surface area contributed by atoms with Gasteiger partial charge in [0, 0.05) is 19.8 Å². The highest BCUT2D eigenvalue weighted by atomic mass is 19.3. The number of ether oxygens (including phenoxy) is 1. The number of halogens is 2. The lowest BCUT2D eigenvalue weighted by atomic mass is 10.2. The normalized spacial score (nSPS) is 10.4. The molecule has 0 bridgehead atoms. The topological polar surface area (TPSA) is 63.2 Å². The standard InChI is InChI=1S/C11H15F2N3O2/c1-14-9-6-15-3-2-8(9)11(17)16-4-5-18-7-10(12)13/h2-3,6,10,14H,4-5,7H2,1H3,(H,16,17). The van der Waals surface area contributed by atoms with E-state index in [1.807, 2.05) is 0 Å². The lowest BCUT2D eigenvalue weighted by molar-refractivity contribution is 0.0188. The minimum absolute atomic E-state index is 0.0516. The maximum Gasteiger partial charge on any atom is 0.261 e. The number of anilines is 1. The van der Waals surface area contributed by atoms with E-state index in [0.717, 1.165) is 0 Å². The first kappa shape index (κ1) is 14.3. The molecule has 0 aromatic carbocycles. The summed E-state index contributed by atoms with van der Waals surface area (Å²) in [5, 5.41) is 5.41. The molecule has 18 heavy (non-hydrogen) atoms. The molecule has 1 aromatic rings. The minimum Gasteiger partial charge on any atom is -0.386 e. The Kier molecular flexibility index (Phi) is 5.99. The second-order valence-corrected chi connectivity index (χ2v) is 3.39. The van der Waals surface area contributed by atoms with Gasteiger partial charge in [-0.05, 0) is 6.07 Å². The second kappa shape index (κ2) is 7.54. The Morgan fingerprint density at radius 2 is 2.33 bits per heavy atom. The number of hydrogen-bond donors (Lipinski definition) is 2. The van der Waals surface area contributed by atoms with Crippen molar-refractivity contribution in [2.45, 2.75) is 6.43 Å². The number of pyridine rings is 1. The third-order valence-electron chi connectivity index (χ3n) is 2.11. The largest absolute Gasteiger partial charge is 0.386 e. The maximum absolute atomic E-state index is 11.8. The van der Waals surface area contributed by atoms with Gasteiger partial charge < -0.3 is 15.4 Å². The monoisotopic (exact) mass is 259 g/mol. The third-order valence-corrected chi connectivity index (χ3v) is 2.11. The van der Waals surface area contributed by atoms with Gasteiger partial charge in [-0.25, -0.2) is 8.78 Å². The molecule has 0 aliphatic heterocycles. The van der Waals surface area contributed by atoms with E-state index in [-0.39, 0.29) is 19.1 Å². The Balaban J connectivity index is 2.36. The summed E-state index contributed by atoms with van der Waals surface area (Å²) >= 11 is 0. The van der Waals surface area contributed by atoms with E-state index in [1.165, 1.54) is 12.4 Å². The van der Waals surface area contributed by atoms with Gasteiger partial charge in [0.25, 0.3) is 12.3 Å². The summed E-state index contributed by atoms with van der Waals surface area (Å²) in [5.41, 5.74) is 1.05. The smallest absolute Gasteiger partial charge is 0.261 e. The Morgan fingerprint density at radius 1 is 1.56 bits per heavy atom. The van der Waals surface area contributed by atoms with Crippen molar-refractivity contribution in [2.75, 3.05) is 32.1 Å². The van der Waals surface area contributed by atoms with Crippen molar-refractivity contribution in [1.29, 1.82) is 0 Å². The van der Waals surface area contributed by atoms with E-state index in [1.54, 1.807) is 13.1 Å². The van der Waals surface area contributed by atoms with Crippen molar-refractivity contribution in [3.05, 3.63) is 24.0 Å². The number of amides is 1. The SMILES string of the molecule is CNc1cnccc1C(=O)NCCOCC(F)F. The van der Waals surface area contributed by atoms with Gasteiger partial charge >= 0.3 is 0 Å². The van der Waals surface area contributed by atoms with E-state index in [9.17, 15) is 13.6 Å². The molecule has 0 aliphatic carbocycles. The van der Waals surface area contributed by atoms with Gasteiger partial charge in [0.2, 0.25) is 0 Å². The van der Waals surface area contributed by atoms with Gasteiger partial charge in [-0.15, -0.1) is 0 Å². The van der Waals surface area contributed by atoms with Crippen LogP contribution < -0.4 is 10.6 Å². The Hall–Kier alpha value is -1.76. The Bertz CT molecular complexity index is 388. The second-order valence-electron chi connectivity index (χ2n) is 3.39. The number of aromatic nitrogens is 1. The third kappa shape index (κ3) is 4.62. The van der Waals surface area contributed by atoms with Crippen LogP contribution in [0, 0.1) is 0 Å². The van der Waals surface area contributed by atoms with Crippen molar-refractivity contribution in [3.8, 4) is 0 Å². The fourth-order valence-corrected chi connectivity index (χ4v) is 1.30. The molecular formula is C11H15F2N3O2. The van der Waals surface area contributed by atoms with Crippen molar-refractivity contribution in [2.24, 2.45) is 0 Å². The molecule has 2 N–H and O–H groups in total. The summed E-state index contributed by atoms with van der Waals surface area (Å²) in [5.74, 6) is -0.303. The summed E-state index contributed by atoms with van der Waals surface area (Å²) in [7, 11) is 1.68. The number of nitrogens with zero attached hydrogens (tertiary/aromatic N) is 1. The molecule has 0 radical (unpaired) electrons. The first-order valence-corrected chi connectivity index (χ1v) is 5.41. The molecule has 0 saturated heterocycles. The zero-order chi connectivity index (χ0) is 13.4. The van der Waals surface area contributed by atoms with Gasteiger partial charge in [-0.2, -0.15) is 0 Å². The molecule has 0 unspecified atom stereocenters. The van der Waals surface area contributed by atoms with Gasteiger partial charge in [-0.1, -0.05) is 0 Å². The molecule has 0 saturated carbocycles. The first-order valence-electron chi connectivity index (χ1n) is 5.41. The average Bonchev–Trinajstić information content (AvgIpc) is 2.37. The van der Waals surface area contributed by atoms with Gasteiger partial charge in [-0.3, -0.25) is 9.78 Å². The molecule has 1 aromatic heterocycles. The first-order chi connectivity index (χ1) is 8.65. The summed E-state index contributed by atoms with van der Waals surface area (Å²) in [6.07, 6.45) is 0.544. The van der Waals surface area contributed by atoms with E-state index < -0.39 is 13.0 Å². The van der Waals surface area contributed by atoms with Crippen LogP contribution in [0.3, 0.4) is 0 Å². The maximum atomic E-state index is 11.8. The van der Waals surface area contributed by atoms with Gasteiger partial charge in [0.1, 0.15) is 6.61 Å². The van der Waals surface area contributed by atoms with Crippen molar-refractivity contribution in [1.82, 2.24) is 10.3 Å². The van der Waals surface area contributed by atoms with Crippen LogP contribution in [0.15, 0.2) is 18.5 Å². The van der Waals surface area contributed by atoms with Crippen LogP contribution in [0.1, 0.15) is 10.4 Å². The molecule has 0 atom stereocenters. The Labute approximate surface area is 104 Å². The van der Waals surface area contributed by atoms with Crippen LogP contribution in [-0.4, -0.2) is 44.1 Å². The molecule has 1 rings (SSSR count). The molecule has 5 nitrogen and oxygen atoms in total. The van der Waals surface area contributed by atoms with E-state index in [4.69, 9.17) is 0 Å². The zero-order valence-electron chi connectivity index (χ0n) is 9.95. The van der Waals surface area contributed by atoms with Crippen LogP contribution in [0.4, 0.5) is 14.5 Å². The number of carbonyl (C=O) groups excluding carboxylic acids is 1. The highest BCUT2D eigenvalue weighted by Crippen LogP contribution is 2.11. The van der Waals surface area contributed by atoms with Crippen LogP contribution in [-0.2, 0) is 4.74 Å². The van der Waals surface area contributed by atoms with E-state index in [2.05, 4.69) is 20.4 Å². The molecule has 1 amide bonds. The molecule has 1 heterocycles. The lowest BCUT2D eigenvalue weighted by Gasteiger charge is -2.09. The highest BCUT2D eigenvalue weighted by molar-refractivity contribution is 5.99. The number of carbonyl (C=O) groups is 1. The fraction of sp³-hybridized carbons (Fsp3) is 0.455. The van der Waals surface area contributed by atoms with Gasteiger partial charge in [0.05, 0.1) is 24.1 Å². The van der Waals surface area contributed by atoms with Crippen LogP contribution in [0.25, 0.3) is 0 Å². The molecule has 7 heteroatoms. The number of hydrogen-bond acceptors (Lipinski definition) is 4. The zero-order valence-corrected chi connectivity index (χ0v) is 9.95. The number of nitrogens with one attached hydrogen (secondary N) is 2. The lowest BCUT2D eigenvalue weighted by Crippen LogP contribution is -2.28. The summed E-state index contributed by atoms with van der Waals surface area (Å²) in [6, 6.07) is 1.57. The predicted octanol–water partition coefficient (Wildman–Crippen LogP) is 1.13. The highest BCUT2D eigenvalue weighted by Gasteiger charge is 2.09. The number of rotatable bonds is 7. The summed E-state index contributed by atoms with van der Waals surface area (Å²) < 4.78 is 28.2. The molecular weight excluding hydrogens is 244 g/mol. The molecule has 0 aliphatic rings. The quantitative estimate of drug-likeness (QED) is 0.721. The average molecular weight is 259 g/mol. The van der Waals surface area contributed by atoms with Crippen molar-refractivity contribution < 1.29 is 18.3 Å². The van der Waals surface area contributed by atoms with Crippen LogP contribution >= 0.6 is 0 Å². The van der Waals surface area contributed by atoms with Crippen LogP contribution in [0.5, 0.6) is 0 Å². The molecule has 100 valence electrons. The Morgan fingerprint density at radius 3 is 3.00 bits per heavy atom. The molecule has 0 fully saturated rings. The summed E-state index contributed by atoms with van der Waals surface area (Å²) in [4.78, 5) is 15.6. The van der Waals surface area contributed by atoms with E-state index >= 15 is 0 Å². The van der Waals surface area contributed by atoms with E-state index in [0.29, 0.717) is 11.3 Å². The van der Waals surface area contributed by atoms with Gasteiger partial charge in [0.15, 0.2) is 0 Å². The number of alkyl halides is 2.